The second-order valence-corrected chi connectivity index (χ2v) is 19.8. The molecule has 1 radical (unpaired) electrons. The third kappa shape index (κ3) is 6.61. The molecule has 0 aliphatic rings. The van der Waals surface area contributed by atoms with Gasteiger partial charge in [-0.3, -0.25) is 0 Å². The van der Waals surface area contributed by atoms with Gasteiger partial charge in [0, 0.05) is 37.2 Å². The zero-order chi connectivity index (χ0) is 37.3. The molecule has 0 amide bonds. The first-order valence-electron chi connectivity index (χ1n) is 18.5. The average molecular weight is 737 g/mol. The Hall–Kier alpha value is -5.24. The Kier molecular flexibility index (Phi) is 9.63. The number of fused-ring (bicyclic) bond motifs is 3. The second-order valence-electron chi connectivity index (χ2n) is 14.9. The van der Waals surface area contributed by atoms with Crippen LogP contribution in [-0.2, 0) is 4.65 Å². The highest BCUT2D eigenvalue weighted by Gasteiger charge is 2.41. The molecule has 0 fully saturated rings. The van der Waals surface area contributed by atoms with E-state index in [-0.39, 0.29) is 0 Å². The molecular formula is C48H43BNO2SSi. The van der Waals surface area contributed by atoms with E-state index < -0.39 is 19.3 Å². The van der Waals surface area contributed by atoms with Crippen LogP contribution in [0.5, 0.6) is 0 Å². The van der Waals surface area contributed by atoms with Gasteiger partial charge in [0.05, 0.1) is 11.2 Å². The Morgan fingerprint density at radius 2 is 0.944 bits per heavy atom. The van der Waals surface area contributed by atoms with Gasteiger partial charge in [0.1, 0.15) is 0 Å². The molecule has 0 aliphatic heterocycles. The van der Waals surface area contributed by atoms with E-state index in [9.17, 15) is 5.11 Å². The zero-order valence-electron chi connectivity index (χ0n) is 31.1. The number of benzene rings is 7. The molecule has 0 atom stereocenters. The lowest BCUT2D eigenvalue weighted by Gasteiger charge is -2.37. The van der Waals surface area contributed by atoms with Crippen LogP contribution in [0.15, 0.2) is 182 Å². The fourth-order valence-corrected chi connectivity index (χ4v) is 13.2. The van der Waals surface area contributed by atoms with Crippen LogP contribution in [0.4, 0.5) is 17.1 Å². The summed E-state index contributed by atoms with van der Waals surface area (Å²) in [5.41, 5.74) is 2.38. The zero-order valence-corrected chi connectivity index (χ0v) is 32.9. The molecular weight excluding hydrogens is 693 g/mol. The average Bonchev–Trinajstić information content (AvgIpc) is 3.57. The molecule has 0 spiro atoms. The van der Waals surface area contributed by atoms with Gasteiger partial charge in [-0.1, -0.05) is 145 Å². The van der Waals surface area contributed by atoms with Crippen LogP contribution in [0.1, 0.15) is 27.7 Å². The van der Waals surface area contributed by atoms with Gasteiger partial charge < -0.3 is 14.7 Å². The van der Waals surface area contributed by atoms with Gasteiger partial charge in [0.25, 0.3) is 0 Å². The Bertz CT molecular complexity index is 2400. The van der Waals surface area contributed by atoms with Crippen molar-refractivity contribution in [3.8, 4) is 0 Å². The lowest BCUT2D eigenvalue weighted by molar-refractivity contribution is -0.0893. The Labute approximate surface area is 324 Å². The molecule has 8 aromatic rings. The van der Waals surface area contributed by atoms with Crippen LogP contribution in [0.25, 0.3) is 20.2 Å². The van der Waals surface area contributed by atoms with Crippen molar-refractivity contribution < 1.29 is 9.76 Å². The van der Waals surface area contributed by atoms with Gasteiger partial charge >= 0.3 is 7.48 Å². The topological polar surface area (TPSA) is 32.7 Å². The van der Waals surface area contributed by atoms with Crippen LogP contribution < -0.4 is 31.1 Å². The van der Waals surface area contributed by atoms with Crippen LogP contribution >= 0.6 is 11.3 Å². The van der Waals surface area contributed by atoms with Crippen LogP contribution in [0.3, 0.4) is 0 Å². The molecule has 0 saturated carbocycles. The first-order chi connectivity index (χ1) is 26.1. The highest BCUT2D eigenvalue weighted by atomic mass is 32.1. The van der Waals surface area contributed by atoms with Crippen molar-refractivity contribution in [2.24, 2.45) is 0 Å². The number of hydrogen-bond acceptors (Lipinski definition) is 4. The van der Waals surface area contributed by atoms with Crippen molar-refractivity contribution in [2.75, 3.05) is 4.90 Å². The third-order valence-electron chi connectivity index (χ3n) is 10.9. The second kappa shape index (κ2) is 14.5. The van der Waals surface area contributed by atoms with Gasteiger partial charge in [-0.25, -0.2) is 0 Å². The van der Waals surface area contributed by atoms with Crippen LogP contribution in [-0.4, -0.2) is 31.9 Å². The fourth-order valence-electron chi connectivity index (χ4n) is 7.29. The van der Waals surface area contributed by atoms with Gasteiger partial charge in [0.2, 0.25) is 0 Å². The SMILES string of the molecule is CC(C)(O)C(C)(C)O[B]c1ccc(N(c2ccc([Si](c3ccccc3)(c3ccccc3)c3ccccc3)cc2)c2ccc3c(c2)sc2ccccc23)cc1. The van der Waals surface area contributed by atoms with Crippen molar-refractivity contribution in [2.45, 2.75) is 38.9 Å². The Balaban J connectivity index is 1.25. The summed E-state index contributed by atoms with van der Waals surface area (Å²) in [4.78, 5) is 2.34. The van der Waals surface area contributed by atoms with E-state index >= 15 is 0 Å². The molecule has 1 N–H and O–H groups in total. The standard InChI is InChI=1S/C48H43BNO2SSi/c1-47(2,51)48(3,4)52-49-35-24-26-36(27-25-35)50(38-30-33-44-43-22-14-15-23-45(43)53-46(44)34-38)37-28-31-42(32-29-37)54(39-16-8-5-9-17-39,40-18-10-6-11-19-40)41-20-12-7-13-21-41/h5-34,51H,1-4H3. The first-order valence-corrected chi connectivity index (χ1v) is 21.3. The Morgan fingerprint density at radius 1 is 0.500 bits per heavy atom. The molecule has 0 unspecified atom stereocenters. The predicted octanol–water partition coefficient (Wildman–Crippen LogP) is 8.71. The summed E-state index contributed by atoms with van der Waals surface area (Å²) in [6.45, 7) is 7.34. The van der Waals surface area contributed by atoms with E-state index in [1.807, 2.05) is 25.2 Å². The maximum absolute atomic E-state index is 10.6. The Morgan fingerprint density at radius 3 is 1.48 bits per heavy atom. The van der Waals surface area contributed by atoms with E-state index in [1.54, 1.807) is 21.3 Å². The summed E-state index contributed by atoms with van der Waals surface area (Å²) in [6.07, 6.45) is 0. The molecule has 1 aromatic heterocycles. The smallest absolute Gasteiger partial charge is 0.330 e. The lowest BCUT2D eigenvalue weighted by atomic mass is 9.82. The maximum Gasteiger partial charge on any atom is 0.330 e. The number of rotatable bonds is 11. The van der Waals surface area contributed by atoms with E-state index in [2.05, 4.69) is 187 Å². The van der Waals surface area contributed by atoms with E-state index in [1.165, 1.54) is 40.9 Å². The molecule has 54 heavy (non-hydrogen) atoms. The largest absolute Gasteiger partial charge is 0.427 e. The van der Waals surface area contributed by atoms with Crippen molar-refractivity contribution in [1.29, 1.82) is 0 Å². The van der Waals surface area contributed by atoms with Crippen LogP contribution in [0, 0.1) is 0 Å². The molecule has 0 bridgehead atoms. The van der Waals surface area contributed by atoms with Crippen LogP contribution in [0.2, 0.25) is 0 Å². The summed E-state index contributed by atoms with van der Waals surface area (Å²) in [6, 6.07) is 66.3. The fraction of sp³-hybridized carbons (Fsp3) is 0.125. The van der Waals surface area contributed by atoms with Crippen molar-refractivity contribution in [3.05, 3.63) is 182 Å². The first kappa shape index (κ1) is 35.8. The molecule has 7 aromatic carbocycles. The summed E-state index contributed by atoms with van der Waals surface area (Å²) in [7, 11) is -0.929. The molecule has 3 nitrogen and oxygen atoms in total. The van der Waals surface area contributed by atoms with Gasteiger partial charge in [-0.05, 0) is 90.9 Å². The van der Waals surface area contributed by atoms with E-state index in [4.69, 9.17) is 4.65 Å². The number of anilines is 3. The number of aliphatic hydroxyl groups is 1. The third-order valence-corrected chi connectivity index (χ3v) is 16.8. The number of nitrogens with zero attached hydrogens (tertiary/aromatic N) is 1. The van der Waals surface area contributed by atoms with Crippen molar-refractivity contribution in [1.82, 2.24) is 0 Å². The molecule has 0 aliphatic carbocycles. The highest BCUT2D eigenvalue weighted by molar-refractivity contribution is 7.25. The van der Waals surface area contributed by atoms with Gasteiger partial charge in [-0.15, -0.1) is 11.3 Å². The monoisotopic (exact) mass is 736 g/mol. The van der Waals surface area contributed by atoms with Gasteiger partial charge in [0.15, 0.2) is 8.07 Å². The number of thiophene rings is 1. The predicted molar refractivity (Wildman–Crippen MR) is 234 cm³/mol. The van der Waals surface area contributed by atoms with Crippen molar-refractivity contribution in [3.63, 3.8) is 0 Å². The summed E-state index contributed by atoms with van der Waals surface area (Å²) < 4.78 is 8.64. The van der Waals surface area contributed by atoms with E-state index in [0.29, 0.717) is 0 Å². The molecule has 265 valence electrons. The molecule has 8 rings (SSSR count). The molecule has 1 heterocycles. The molecule has 0 saturated heterocycles. The van der Waals surface area contributed by atoms with Crippen molar-refractivity contribution >= 4 is 90.3 Å². The summed E-state index contributed by atoms with van der Waals surface area (Å²) in [5, 5.41) is 18.6. The lowest BCUT2D eigenvalue weighted by Crippen LogP contribution is -2.74. The quantitative estimate of drug-likeness (QED) is 0.107. The summed E-state index contributed by atoms with van der Waals surface area (Å²) in [5.74, 6) is 0. The highest BCUT2D eigenvalue weighted by Crippen LogP contribution is 2.40. The number of hydrogen-bond donors (Lipinski definition) is 1. The minimum atomic E-state index is -2.67. The maximum atomic E-state index is 10.6. The summed E-state index contributed by atoms with van der Waals surface area (Å²) >= 11 is 1.83. The normalized spacial score (nSPS) is 12.2. The molecule has 6 heteroatoms. The van der Waals surface area contributed by atoms with Gasteiger partial charge in [-0.2, -0.15) is 0 Å². The minimum absolute atomic E-state index is 0.753. The van der Waals surface area contributed by atoms with E-state index in [0.717, 1.165) is 22.5 Å². The minimum Gasteiger partial charge on any atom is -0.427 e.